The normalized spacial score (nSPS) is 16.9. The van der Waals surface area contributed by atoms with Crippen molar-refractivity contribution in [3.8, 4) is 0 Å². The summed E-state index contributed by atoms with van der Waals surface area (Å²) in [5.74, 6) is -0.770. The van der Waals surface area contributed by atoms with Gasteiger partial charge in [0.25, 0.3) is 5.91 Å². The lowest BCUT2D eigenvalue weighted by atomic mass is 10.1. The maximum absolute atomic E-state index is 14.1. The van der Waals surface area contributed by atoms with E-state index in [1.54, 1.807) is 19.1 Å². The molecule has 0 spiro atoms. The molecule has 0 bridgehead atoms. The van der Waals surface area contributed by atoms with Crippen molar-refractivity contribution in [1.82, 2.24) is 10.6 Å². The first-order chi connectivity index (χ1) is 9.58. The zero-order valence-electron chi connectivity index (χ0n) is 11.5. The second-order valence-corrected chi connectivity index (χ2v) is 4.96. The number of hydrogen-bond acceptors (Lipinski definition) is 4. The van der Waals surface area contributed by atoms with Gasteiger partial charge in [0.15, 0.2) is 0 Å². The van der Waals surface area contributed by atoms with Crippen LogP contribution in [0, 0.1) is 5.82 Å². The van der Waals surface area contributed by atoms with Crippen LogP contribution < -0.4 is 15.5 Å². The average Bonchev–Trinajstić information content (AvgIpc) is 2.45. The minimum atomic E-state index is -0.621. The van der Waals surface area contributed by atoms with E-state index in [2.05, 4.69) is 10.6 Å². The highest BCUT2D eigenvalue weighted by Gasteiger charge is 2.16. The van der Waals surface area contributed by atoms with Gasteiger partial charge in [-0.25, -0.2) is 4.39 Å². The summed E-state index contributed by atoms with van der Waals surface area (Å²) in [6.07, 6.45) is -0.621. The smallest absolute Gasteiger partial charge is 0.251 e. The first-order valence-electron chi connectivity index (χ1n) is 6.79. The predicted molar refractivity (Wildman–Crippen MR) is 75.5 cm³/mol. The third-order valence-corrected chi connectivity index (χ3v) is 3.23. The molecule has 0 radical (unpaired) electrons. The number of amides is 1. The van der Waals surface area contributed by atoms with Crippen molar-refractivity contribution in [1.29, 1.82) is 0 Å². The van der Waals surface area contributed by atoms with Crippen molar-refractivity contribution in [2.24, 2.45) is 0 Å². The number of carbonyl (C=O) groups excluding carboxylic acids is 1. The third-order valence-electron chi connectivity index (χ3n) is 3.23. The fourth-order valence-electron chi connectivity index (χ4n) is 2.15. The highest BCUT2D eigenvalue weighted by molar-refractivity contribution is 5.94. The van der Waals surface area contributed by atoms with Gasteiger partial charge in [-0.05, 0) is 25.1 Å². The van der Waals surface area contributed by atoms with E-state index < -0.39 is 11.9 Å². The van der Waals surface area contributed by atoms with Gasteiger partial charge in [-0.3, -0.25) is 4.79 Å². The summed E-state index contributed by atoms with van der Waals surface area (Å²) in [4.78, 5) is 13.7. The van der Waals surface area contributed by atoms with E-state index in [0.717, 1.165) is 26.2 Å². The molecule has 110 valence electrons. The van der Waals surface area contributed by atoms with Gasteiger partial charge >= 0.3 is 0 Å². The monoisotopic (exact) mass is 281 g/mol. The quantitative estimate of drug-likeness (QED) is 0.745. The van der Waals surface area contributed by atoms with Crippen LogP contribution in [0.4, 0.5) is 10.1 Å². The molecule has 20 heavy (non-hydrogen) atoms. The minimum Gasteiger partial charge on any atom is -0.392 e. The molecule has 1 saturated heterocycles. The topological polar surface area (TPSA) is 64.6 Å². The number of piperazine rings is 1. The molecule has 6 heteroatoms. The van der Waals surface area contributed by atoms with E-state index >= 15 is 0 Å². The molecular formula is C14H20FN3O2. The molecule has 1 fully saturated rings. The number of aliphatic hydroxyl groups is 1. The predicted octanol–water partition coefficient (Wildman–Crippen LogP) is 0.346. The van der Waals surface area contributed by atoms with Crippen LogP contribution in [0.5, 0.6) is 0 Å². The molecule has 0 aromatic heterocycles. The van der Waals surface area contributed by atoms with Gasteiger partial charge in [-0.2, -0.15) is 0 Å². The number of halogens is 1. The summed E-state index contributed by atoms with van der Waals surface area (Å²) in [6, 6.07) is 4.49. The van der Waals surface area contributed by atoms with Gasteiger partial charge in [0.2, 0.25) is 0 Å². The summed E-state index contributed by atoms with van der Waals surface area (Å²) in [7, 11) is 0. The van der Waals surface area contributed by atoms with E-state index in [-0.39, 0.29) is 18.0 Å². The summed E-state index contributed by atoms with van der Waals surface area (Å²) in [5, 5.41) is 14.9. The van der Waals surface area contributed by atoms with Crippen molar-refractivity contribution < 1.29 is 14.3 Å². The second-order valence-electron chi connectivity index (χ2n) is 4.96. The Bertz CT molecular complexity index is 473. The summed E-state index contributed by atoms with van der Waals surface area (Å²) < 4.78 is 14.1. The van der Waals surface area contributed by atoms with Crippen LogP contribution in [0.3, 0.4) is 0 Å². The molecule has 1 atom stereocenters. The Kier molecular flexibility index (Phi) is 4.92. The number of nitrogens with one attached hydrogen (secondary N) is 2. The molecule has 0 saturated carbocycles. The first-order valence-corrected chi connectivity index (χ1v) is 6.79. The minimum absolute atomic E-state index is 0.153. The molecule has 1 aromatic rings. The Hall–Kier alpha value is -1.66. The molecule has 1 aliphatic heterocycles. The van der Waals surface area contributed by atoms with E-state index in [4.69, 9.17) is 5.11 Å². The van der Waals surface area contributed by atoms with E-state index in [9.17, 15) is 9.18 Å². The Balaban J connectivity index is 2.06. The lowest BCUT2D eigenvalue weighted by molar-refractivity contribution is 0.0923. The van der Waals surface area contributed by atoms with Crippen LogP contribution in [0.25, 0.3) is 0 Å². The van der Waals surface area contributed by atoms with E-state index in [1.807, 2.05) is 4.90 Å². The standard InChI is InChI=1S/C14H20FN3O2/c1-10(19)9-17-14(20)11-2-3-13(12(15)8-11)18-6-4-16-5-7-18/h2-3,8,10,16,19H,4-7,9H2,1H3,(H,17,20)/t10-/m1/s1. The van der Waals surface area contributed by atoms with Gasteiger partial charge in [-0.1, -0.05) is 0 Å². The molecule has 1 aromatic carbocycles. The largest absolute Gasteiger partial charge is 0.392 e. The van der Waals surface area contributed by atoms with Gasteiger partial charge in [-0.15, -0.1) is 0 Å². The van der Waals surface area contributed by atoms with Crippen molar-refractivity contribution in [2.45, 2.75) is 13.0 Å². The molecule has 1 aliphatic rings. The second kappa shape index (κ2) is 6.67. The number of hydrogen-bond donors (Lipinski definition) is 3. The van der Waals surface area contributed by atoms with Crippen molar-refractivity contribution in [2.75, 3.05) is 37.6 Å². The summed E-state index contributed by atoms with van der Waals surface area (Å²) in [5.41, 5.74) is 0.792. The number of anilines is 1. The van der Waals surface area contributed by atoms with Crippen molar-refractivity contribution in [3.05, 3.63) is 29.6 Å². The summed E-state index contributed by atoms with van der Waals surface area (Å²) in [6.45, 7) is 4.90. The lowest BCUT2D eigenvalue weighted by Gasteiger charge is -2.29. The maximum Gasteiger partial charge on any atom is 0.251 e. The van der Waals surface area contributed by atoms with Crippen LogP contribution in [-0.2, 0) is 0 Å². The molecule has 0 unspecified atom stereocenters. The van der Waals surface area contributed by atoms with Crippen LogP contribution in [-0.4, -0.2) is 49.8 Å². The van der Waals surface area contributed by atoms with Gasteiger partial charge in [0.05, 0.1) is 11.8 Å². The number of aliphatic hydroxyl groups excluding tert-OH is 1. The fourth-order valence-corrected chi connectivity index (χ4v) is 2.15. The zero-order valence-corrected chi connectivity index (χ0v) is 11.5. The highest BCUT2D eigenvalue weighted by atomic mass is 19.1. The van der Waals surface area contributed by atoms with Crippen molar-refractivity contribution >= 4 is 11.6 Å². The molecule has 1 heterocycles. The Labute approximate surface area is 117 Å². The molecule has 3 N–H and O–H groups in total. The highest BCUT2D eigenvalue weighted by Crippen LogP contribution is 2.21. The van der Waals surface area contributed by atoms with Crippen molar-refractivity contribution in [3.63, 3.8) is 0 Å². The van der Waals surface area contributed by atoms with Gasteiger partial charge in [0.1, 0.15) is 5.82 Å². The molecule has 1 amide bonds. The van der Waals surface area contributed by atoms with Crippen LogP contribution in [0.15, 0.2) is 18.2 Å². The average molecular weight is 281 g/mol. The number of rotatable bonds is 4. The number of benzene rings is 1. The first kappa shape index (κ1) is 14.7. The zero-order chi connectivity index (χ0) is 14.5. The third kappa shape index (κ3) is 3.68. The Morgan fingerprint density at radius 1 is 1.50 bits per heavy atom. The Morgan fingerprint density at radius 2 is 2.20 bits per heavy atom. The SMILES string of the molecule is C[C@@H](O)CNC(=O)c1ccc(N2CCNCC2)c(F)c1. The Morgan fingerprint density at radius 3 is 2.80 bits per heavy atom. The lowest BCUT2D eigenvalue weighted by Crippen LogP contribution is -2.43. The maximum atomic E-state index is 14.1. The molecule has 2 rings (SSSR count). The fraction of sp³-hybridized carbons (Fsp3) is 0.500. The van der Waals surface area contributed by atoms with Crippen LogP contribution in [0.1, 0.15) is 17.3 Å². The molecular weight excluding hydrogens is 261 g/mol. The summed E-state index contributed by atoms with van der Waals surface area (Å²) >= 11 is 0. The molecule has 5 nitrogen and oxygen atoms in total. The van der Waals surface area contributed by atoms with Gasteiger partial charge in [0, 0.05) is 38.3 Å². The van der Waals surface area contributed by atoms with E-state index in [1.165, 1.54) is 6.07 Å². The number of nitrogens with zero attached hydrogens (tertiary/aromatic N) is 1. The molecule has 0 aliphatic carbocycles. The number of carbonyl (C=O) groups is 1. The van der Waals surface area contributed by atoms with Crippen LogP contribution in [0.2, 0.25) is 0 Å². The van der Waals surface area contributed by atoms with Gasteiger partial charge < -0.3 is 20.6 Å². The van der Waals surface area contributed by atoms with Crippen LogP contribution >= 0.6 is 0 Å². The van der Waals surface area contributed by atoms with E-state index in [0.29, 0.717) is 5.69 Å².